The second-order valence-electron chi connectivity index (χ2n) is 7.61. The van der Waals surface area contributed by atoms with Gasteiger partial charge in [-0.1, -0.05) is 48.5 Å². The van der Waals surface area contributed by atoms with Crippen LogP contribution in [-0.2, 0) is 14.3 Å². The van der Waals surface area contributed by atoms with Crippen LogP contribution in [0.1, 0.15) is 24.9 Å². The number of hydrogen-bond acceptors (Lipinski definition) is 6. The molecule has 7 nitrogen and oxygen atoms in total. The number of carbonyl (C=O) groups is 2. The molecular weight excluding hydrogens is 434 g/mol. The van der Waals surface area contributed by atoms with Crippen LogP contribution < -0.4 is 19.5 Å². The number of ether oxygens (including phenoxy) is 4. The van der Waals surface area contributed by atoms with Crippen molar-refractivity contribution in [3.63, 3.8) is 0 Å². The first-order valence-corrected chi connectivity index (χ1v) is 10.9. The second-order valence-corrected chi connectivity index (χ2v) is 7.61. The maximum absolute atomic E-state index is 12.9. The minimum absolute atomic E-state index is 0.0454. The number of amides is 1. The third-order valence-corrected chi connectivity index (χ3v) is 5.37. The van der Waals surface area contributed by atoms with Crippen LogP contribution in [-0.4, -0.2) is 39.3 Å². The van der Waals surface area contributed by atoms with E-state index in [1.807, 2.05) is 54.6 Å². The molecule has 0 fully saturated rings. The molecule has 3 rings (SSSR count). The number of carbonyl (C=O) groups excluding carboxylic acids is 2. The van der Waals surface area contributed by atoms with Gasteiger partial charge in [0.15, 0.2) is 17.6 Å². The molecule has 0 heterocycles. The SMILES string of the molecule is COC(=O)CC(NC(=O)C(C)Oc1ccc(-c2ccccc2)cc1)c1ccc(OC)c(OC)c1. The normalized spacial score (nSPS) is 12.2. The average Bonchev–Trinajstić information content (AvgIpc) is 2.88. The molecule has 0 aliphatic heterocycles. The van der Waals surface area contributed by atoms with Gasteiger partial charge in [0.2, 0.25) is 0 Å². The van der Waals surface area contributed by atoms with E-state index in [1.165, 1.54) is 21.3 Å². The van der Waals surface area contributed by atoms with Crippen molar-refractivity contribution in [1.29, 1.82) is 0 Å². The van der Waals surface area contributed by atoms with E-state index in [1.54, 1.807) is 25.1 Å². The van der Waals surface area contributed by atoms with E-state index in [4.69, 9.17) is 18.9 Å². The second kappa shape index (κ2) is 11.7. The van der Waals surface area contributed by atoms with Crippen LogP contribution in [0.5, 0.6) is 17.2 Å². The van der Waals surface area contributed by atoms with Crippen LogP contribution in [0.15, 0.2) is 72.8 Å². The summed E-state index contributed by atoms with van der Waals surface area (Å²) < 4.78 is 21.3. The van der Waals surface area contributed by atoms with Gasteiger partial charge >= 0.3 is 5.97 Å². The van der Waals surface area contributed by atoms with Crippen LogP contribution in [0.2, 0.25) is 0 Å². The Labute approximate surface area is 199 Å². The first-order valence-electron chi connectivity index (χ1n) is 10.9. The first-order chi connectivity index (χ1) is 16.4. The first kappa shape index (κ1) is 24.6. The molecule has 0 spiro atoms. The fourth-order valence-corrected chi connectivity index (χ4v) is 3.48. The van der Waals surface area contributed by atoms with Gasteiger partial charge in [0.05, 0.1) is 33.8 Å². The third kappa shape index (κ3) is 6.28. The number of nitrogens with one attached hydrogen (secondary N) is 1. The third-order valence-electron chi connectivity index (χ3n) is 5.37. The van der Waals surface area contributed by atoms with E-state index in [2.05, 4.69) is 5.32 Å². The highest BCUT2D eigenvalue weighted by molar-refractivity contribution is 5.82. The predicted octanol–water partition coefficient (Wildman–Crippen LogP) is 4.56. The standard InChI is InChI=1S/C27H29NO6/c1-18(34-22-13-10-20(11-14-22)19-8-6-5-7-9-19)27(30)28-23(17-26(29)33-4)21-12-15-24(31-2)25(16-21)32-3/h5-16,18,23H,17H2,1-4H3,(H,28,30). The van der Waals surface area contributed by atoms with E-state index < -0.39 is 18.1 Å². The van der Waals surface area contributed by atoms with E-state index in [0.29, 0.717) is 22.8 Å². The molecule has 34 heavy (non-hydrogen) atoms. The zero-order valence-electron chi connectivity index (χ0n) is 19.7. The van der Waals surface area contributed by atoms with Gasteiger partial charge in [0.25, 0.3) is 5.91 Å². The molecule has 0 saturated heterocycles. The van der Waals surface area contributed by atoms with Crippen LogP contribution in [0.25, 0.3) is 11.1 Å². The highest BCUT2D eigenvalue weighted by Crippen LogP contribution is 2.31. The molecule has 1 amide bonds. The van der Waals surface area contributed by atoms with Gasteiger partial charge in [-0.25, -0.2) is 0 Å². The molecular formula is C27H29NO6. The highest BCUT2D eigenvalue weighted by atomic mass is 16.5. The zero-order valence-corrected chi connectivity index (χ0v) is 19.7. The highest BCUT2D eigenvalue weighted by Gasteiger charge is 2.24. The Hall–Kier alpha value is -4.00. The van der Waals surface area contributed by atoms with Gasteiger partial charge in [0.1, 0.15) is 5.75 Å². The van der Waals surface area contributed by atoms with Crippen molar-refractivity contribution in [2.75, 3.05) is 21.3 Å². The molecule has 0 radical (unpaired) electrons. The van der Waals surface area contributed by atoms with Crippen molar-refractivity contribution >= 4 is 11.9 Å². The number of esters is 1. The Kier molecular flexibility index (Phi) is 8.51. The summed E-state index contributed by atoms with van der Waals surface area (Å²) in [5, 5.41) is 2.88. The van der Waals surface area contributed by atoms with Crippen molar-refractivity contribution in [1.82, 2.24) is 5.32 Å². The molecule has 3 aromatic rings. The number of rotatable bonds is 10. The van der Waals surface area contributed by atoms with E-state index >= 15 is 0 Å². The molecule has 0 aliphatic rings. The monoisotopic (exact) mass is 463 g/mol. The lowest BCUT2D eigenvalue weighted by molar-refractivity contribution is -0.141. The van der Waals surface area contributed by atoms with Crippen molar-refractivity contribution < 1.29 is 28.5 Å². The van der Waals surface area contributed by atoms with Gasteiger partial charge in [-0.15, -0.1) is 0 Å². The molecule has 2 unspecified atom stereocenters. The molecule has 2 atom stereocenters. The fourth-order valence-electron chi connectivity index (χ4n) is 3.48. The number of benzene rings is 3. The Morgan fingerprint density at radius 2 is 1.47 bits per heavy atom. The van der Waals surface area contributed by atoms with Gasteiger partial charge in [-0.2, -0.15) is 0 Å². The van der Waals surface area contributed by atoms with E-state index in [-0.39, 0.29) is 12.3 Å². The van der Waals surface area contributed by atoms with Gasteiger partial charge in [0, 0.05) is 0 Å². The summed E-state index contributed by atoms with van der Waals surface area (Å²) >= 11 is 0. The smallest absolute Gasteiger partial charge is 0.307 e. The fraction of sp³-hybridized carbons (Fsp3) is 0.259. The number of methoxy groups -OCH3 is 3. The maximum atomic E-state index is 12.9. The van der Waals surface area contributed by atoms with Gasteiger partial charge in [-0.3, -0.25) is 9.59 Å². The predicted molar refractivity (Wildman–Crippen MR) is 129 cm³/mol. The Morgan fingerprint density at radius 1 is 0.824 bits per heavy atom. The van der Waals surface area contributed by atoms with Crippen molar-refractivity contribution in [3.05, 3.63) is 78.4 Å². The molecule has 1 N–H and O–H groups in total. The molecule has 0 aliphatic carbocycles. The van der Waals surface area contributed by atoms with Crippen LogP contribution >= 0.6 is 0 Å². The Morgan fingerprint density at radius 3 is 2.09 bits per heavy atom. The lowest BCUT2D eigenvalue weighted by Gasteiger charge is -2.22. The summed E-state index contributed by atoms with van der Waals surface area (Å²) in [4.78, 5) is 24.9. The minimum atomic E-state index is -0.789. The summed E-state index contributed by atoms with van der Waals surface area (Å²) in [5.74, 6) is 0.788. The summed E-state index contributed by atoms with van der Waals surface area (Å²) in [6, 6.07) is 22.1. The topological polar surface area (TPSA) is 83.1 Å². The summed E-state index contributed by atoms with van der Waals surface area (Å²) in [5.41, 5.74) is 2.83. The molecule has 178 valence electrons. The lowest BCUT2D eigenvalue weighted by atomic mass is 10.0. The van der Waals surface area contributed by atoms with Crippen LogP contribution in [0.4, 0.5) is 0 Å². The lowest BCUT2D eigenvalue weighted by Crippen LogP contribution is -2.39. The number of hydrogen-bond donors (Lipinski definition) is 1. The molecule has 0 saturated carbocycles. The average molecular weight is 464 g/mol. The summed E-state index contributed by atoms with van der Waals surface area (Å²) in [7, 11) is 4.37. The summed E-state index contributed by atoms with van der Waals surface area (Å²) in [6.45, 7) is 1.66. The van der Waals surface area contributed by atoms with Gasteiger partial charge in [-0.05, 0) is 47.9 Å². The quantitative estimate of drug-likeness (QED) is 0.444. The van der Waals surface area contributed by atoms with E-state index in [0.717, 1.165) is 11.1 Å². The molecule has 0 aromatic heterocycles. The van der Waals surface area contributed by atoms with Crippen molar-refractivity contribution in [2.45, 2.75) is 25.5 Å². The van der Waals surface area contributed by atoms with Crippen LogP contribution in [0.3, 0.4) is 0 Å². The molecule has 0 bridgehead atoms. The zero-order chi connectivity index (χ0) is 24.5. The van der Waals surface area contributed by atoms with Crippen molar-refractivity contribution in [2.24, 2.45) is 0 Å². The summed E-state index contributed by atoms with van der Waals surface area (Å²) in [6.07, 6.45) is -0.834. The van der Waals surface area contributed by atoms with Crippen LogP contribution in [0, 0.1) is 0 Å². The molecule has 3 aromatic carbocycles. The Bertz CT molecular complexity index is 1100. The Balaban J connectivity index is 1.71. The largest absolute Gasteiger partial charge is 0.493 e. The van der Waals surface area contributed by atoms with Gasteiger partial charge < -0.3 is 24.3 Å². The van der Waals surface area contributed by atoms with Crippen molar-refractivity contribution in [3.8, 4) is 28.4 Å². The minimum Gasteiger partial charge on any atom is -0.493 e. The molecule has 7 heteroatoms. The van der Waals surface area contributed by atoms with E-state index in [9.17, 15) is 9.59 Å². The maximum Gasteiger partial charge on any atom is 0.307 e.